The molecule has 4 aromatic rings. The van der Waals surface area contributed by atoms with Crippen molar-refractivity contribution in [2.45, 2.75) is 37.4 Å². The molecule has 7 nitrogen and oxygen atoms in total. The maximum absolute atomic E-state index is 12.9. The van der Waals surface area contributed by atoms with Crippen molar-refractivity contribution in [1.82, 2.24) is 14.8 Å². The van der Waals surface area contributed by atoms with E-state index in [-0.39, 0.29) is 17.6 Å². The molecule has 0 atom stereocenters. The average molecular weight is 599 g/mol. The number of nitrogens with zero attached hydrogens (tertiary/aromatic N) is 3. The van der Waals surface area contributed by atoms with Crippen LogP contribution in [0.3, 0.4) is 0 Å². The van der Waals surface area contributed by atoms with Crippen LogP contribution in [0.15, 0.2) is 65.7 Å². The summed E-state index contributed by atoms with van der Waals surface area (Å²) in [5.74, 6) is 0.425. The number of fused-ring (bicyclic) bond motifs is 1. The first-order chi connectivity index (χ1) is 18.9. The second-order valence-corrected chi connectivity index (χ2v) is 11.7. The third-order valence-corrected chi connectivity index (χ3v) is 8.89. The third-order valence-electron chi connectivity index (χ3n) is 6.27. The molecule has 0 aliphatic heterocycles. The summed E-state index contributed by atoms with van der Waals surface area (Å²) in [6.07, 6.45) is 6.10. The number of rotatable bonds is 9. The first-order valence-electron chi connectivity index (χ1n) is 12.4. The summed E-state index contributed by atoms with van der Waals surface area (Å²) in [7, 11) is 0. The number of halogens is 2. The lowest BCUT2D eigenvalue weighted by atomic mass is 9.95. The molecule has 200 valence electrons. The number of anilines is 2. The number of benzene rings is 2. The van der Waals surface area contributed by atoms with E-state index in [0.29, 0.717) is 38.9 Å². The molecule has 0 bridgehead atoms. The van der Waals surface area contributed by atoms with E-state index in [1.807, 2.05) is 34.2 Å². The van der Waals surface area contributed by atoms with Crippen molar-refractivity contribution in [3.8, 4) is 11.4 Å². The summed E-state index contributed by atoms with van der Waals surface area (Å²) >= 11 is 15.1. The molecule has 11 heteroatoms. The van der Waals surface area contributed by atoms with Gasteiger partial charge < -0.3 is 10.6 Å². The maximum atomic E-state index is 12.9. The molecule has 2 aromatic heterocycles. The first kappa shape index (κ1) is 27.5. The van der Waals surface area contributed by atoms with Crippen LogP contribution >= 0.6 is 46.3 Å². The molecule has 2 amide bonds. The zero-order valence-electron chi connectivity index (χ0n) is 20.9. The van der Waals surface area contributed by atoms with Crippen molar-refractivity contribution >= 4 is 69.5 Å². The molecule has 2 N–H and O–H groups in total. The Bertz CT molecular complexity index is 1530. The van der Waals surface area contributed by atoms with Gasteiger partial charge in [0.2, 0.25) is 5.91 Å². The number of aryl methyl sites for hydroxylation is 1. The van der Waals surface area contributed by atoms with Crippen LogP contribution in [-0.2, 0) is 24.2 Å². The minimum absolute atomic E-state index is 0.0759. The van der Waals surface area contributed by atoms with E-state index in [4.69, 9.17) is 23.2 Å². The minimum atomic E-state index is -0.245. The molecule has 0 saturated carbocycles. The smallest absolute Gasteiger partial charge is 0.256 e. The van der Waals surface area contributed by atoms with E-state index < -0.39 is 0 Å². The van der Waals surface area contributed by atoms with Gasteiger partial charge in [-0.05, 0) is 73.7 Å². The van der Waals surface area contributed by atoms with Crippen LogP contribution in [-0.4, -0.2) is 32.3 Å². The molecule has 2 heterocycles. The number of allylic oxidation sites excluding steroid dienone is 1. The number of carbonyl (C=O) groups excluding carboxylic acids is 2. The van der Waals surface area contributed by atoms with E-state index in [1.54, 1.807) is 35.6 Å². The quantitative estimate of drug-likeness (QED) is 0.155. The fourth-order valence-electron chi connectivity index (χ4n) is 4.40. The van der Waals surface area contributed by atoms with Gasteiger partial charge in [-0.1, -0.05) is 41.0 Å². The molecule has 1 aliphatic rings. The summed E-state index contributed by atoms with van der Waals surface area (Å²) in [6.45, 7) is 4.31. The van der Waals surface area contributed by atoms with Crippen molar-refractivity contribution < 1.29 is 9.59 Å². The summed E-state index contributed by atoms with van der Waals surface area (Å²) in [6, 6.07) is 12.4. The van der Waals surface area contributed by atoms with Crippen LogP contribution < -0.4 is 10.6 Å². The predicted octanol–water partition coefficient (Wildman–Crippen LogP) is 7.36. The SMILES string of the molecule is C=CCn1c(SCC(=O)Nc2cc(Cl)ccc2Cl)nnc1-c1ccc(NC(=O)c2csc3c2CCCC3)cc1. The van der Waals surface area contributed by atoms with E-state index in [1.165, 1.54) is 28.6 Å². The van der Waals surface area contributed by atoms with Gasteiger partial charge in [0.05, 0.1) is 22.0 Å². The molecule has 1 aliphatic carbocycles. The summed E-state index contributed by atoms with van der Waals surface area (Å²) in [5, 5.41) is 17.9. The number of aromatic nitrogens is 3. The second-order valence-electron chi connectivity index (χ2n) is 8.96. The minimum Gasteiger partial charge on any atom is -0.324 e. The van der Waals surface area contributed by atoms with Crippen molar-refractivity contribution in [3.63, 3.8) is 0 Å². The predicted molar refractivity (Wildman–Crippen MR) is 160 cm³/mol. The Morgan fingerprint density at radius 2 is 1.87 bits per heavy atom. The Kier molecular flexibility index (Phi) is 8.72. The Hall–Kier alpha value is -3.11. The molecular weight excluding hydrogens is 573 g/mol. The highest BCUT2D eigenvalue weighted by Gasteiger charge is 2.21. The molecule has 2 aromatic carbocycles. The molecule has 39 heavy (non-hydrogen) atoms. The Morgan fingerprint density at radius 3 is 2.67 bits per heavy atom. The van der Waals surface area contributed by atoms with Crippen LogP contribution in [0.2, 0.25) is 10.0 Å². The molecule has 5 rings (SSSR count). The van der Waals surface area contributed by atoms with Gasteiger partial charge >= 0.3 is 0 Å². The maximum Gasteiger partial charge on any atom is 0.256 e. The molecule has 0 unspecified atom stereocenters. The van der Waals surface area contributed by atoms with Crippen LogP contribution in [0, 0.1) is 0 Å². The Balaban J connectivity index is 1.25. The summed E-state index contributed by atoms with van der Waals surface area (Å²) < 4.78 is 1.89. The fraction of sp³-hybridized carbons (Fsp3) is 0.214. The second kappa shape index (κ2) is 12.4. The fourth-order valence-corrected chi connectivity index (χ4v) is 6.61. The third kappa shape index (κ3) is 6.38. The number of amides is 2. The van der Waals surface area contributed by atoms with Gasteiger partial charge in [-0.25, -0.2) is 0 Å². The highest BCUT2D eigenvalue weighted by Crippen LogP contribution is 2.31. The number of thioether (sulfide) groups is 1. The number of carbonyl (C=O) groups is 2. The number of thiophene rings is 1. The van der Waals surface area contributed by atoms with Gasteiger partial charge in [-0.2, -0.15) is 0 Å². The highest BCUT2D eigenvalue weighted by molar-refractivity contribution is 7.99. The Labute approximate surface area is 244 Å². The van der Waals surface area contributed by atoms with Crippen molar-refractivity contribution in [2.75, 3.05) is 16.4 Å². The van der Waals surface area contributed by atoms with E-state index in [0.717, 1.165) is 30.4 Å². The first-order valence-corrected chi connectivity index (χ1v) is 15.0. The van der Waals surface area contributed by atoms with E-state index in [9.17, 15) is 9.59 Å². The number of hydrogen-bond acceptors (Lipinski definition) is 6. The van der Waals surface area contributed by atoms with Crippen molar-refractivity contribution in [2.24, 2.45) is 0 Å². The van der Waals surface area contributed by atoms with Crippen molar-refractivity contribution in [3.05, 3.63) is 86.5 Å². The lowest BCUT2D eigenvalue weighted by Gasteiger charge is -2.13. The topological polar surface area (TPSA) is 88.9 Å². The standard InChI is InChI=1S/C28H25Cl2N5O2S2/c1-2-13-35-26(33-34-28(35)39-16-25(36)32-23-14-18(29)9-12-22(23)30)17-7-10-19(11-8-17)31-27(37)21-15-38-24-6-4-3-5-20(21)24/h2,7-12,14-15H,1,3-6,13,16H2,(H,31,37)(H,32,36). The molecule has 0 fully saturated rings. The molecule has 0 radical (unpaired) electrons. The van der Waals surface area contributed by atoms with Crippen LogP contribution in [0.1, 0.15) is 33.6 Å². The van der Waals surface area contributed by atoms with Crippen LogP contribution in [0.4, 0.5) is 11.4 Å². The van der Waals surface area contributed by atoms with Gasteiger partial charge in [-0.3, -0.25) is 14.2 Å². The molecular formula is C28H25Cl2N5O2S2. The van der Waals surface area contributed by atoms with Crippen LogP contribution in [0.5, 0.6) is 0 Å². The molecule has 0 spiro atoms. The Morgan fingerprint density at radius 1 is 1.08 bits per heavy atom. The number of nitrogens with one attached hydrogen (secondary N) is 2. The largest absolute Gasteiger partial charge is 0.324 e. The van der Waals surface area contributed by atoms with Gasteiger partial charge in [0.15, 0.2) is 11.0 Å². The lowest BCUT2D eigenvalue weighted by molar-refractivity contribution is -0.113. The average Bonchev–Trinajstić information content (AvgIpc) is 3.55. The van der Waals surface area contributed by atoms with E-state index >= 15 is 0 Å². The summed E-state index contributed by atoms with van der Waals surface area (Å²) in [5.41, 5.74) is 3.98. The highest BCUT2D eigenvalue weighted by atomic mass is 35.5. The summed E-state index contributed by atoms with van der Waals surface area (Å²) in [4.78, 5) is 26.8. The van der Waals surface area contributed by atoms with Gasteiger partial charge in [0.1, 0.15) is 0 Å². The normalized spacial score (nSPS) is 12.6. The van der Waals surface area contributed by atoms with Crippen molar-refractivity contribution in [1.29, 1.82) is 0 Å². The molecule has 0 saturated heterocycles. The van der Waals surface area contributed by atoms with Gasteiger partial charge in [0, 0.05) is 33.1 Å². The zero-order valence-corrected chi connectivity index (χ0v) is 24.0. The van der Waals surface area contributed by atoms with Gasteiger partial charge in [-0.15, -0.1) is 28.1 Å². The van der Waals surface area contributed by atoms with Gasteiger partial charge in [0.25, 0.3) is 5.91 Å². The van der Waals surface area contributed by atoms with E-state index in [2.05, 4.69) is 27.4 Å². The zero-order chi connectivity index (χ0) is 27.4. The number of hydrogen-bond donors (Lipinski definition) is 2. The van der Waals surface area contributed by atoms with Crippen LogP contribution in [0.25, 0.3) is 11.4 Å². The monoisotopic (exact) mass is 597 g/mol. The lowest BCUT2D eigenvalue weighted by Crippen LogP contribution is -2.15.